The maximum atomic E-state index is 10.9. The van der Waals surface area contributed by atoms with Crippen LogP contribution < -0.4 is 0 Å². The molecule has 0 aromatic heterocycles. The maximum absolute atomic E-state index is 10.9. The zero-order valence-corrected chi connectivity index (χ0v) is 13.9. The van der Waals surface area contributed by atoms with Gasteiger partial charge in [0, 0.05) is 16.3 Å². The maximum Gasteiger partial charge on any atom is 0.151 e. The van der Waals surface area contributed by atoms with Crippen LogP contribution in [0.5, 0.6) is 0 Å². The summed E-state index contributed by atoms with van der Waals surface area (Å²) < 4.78 is 3.44. The molecule has 0 aliphatic rings. The standard InChI is InChI=1S/C11H5I3O/c12-9-2-1-6-4-10(13)7(5-15)3-8(6)11(9)14/h1-5H. The number of benzene rings is 2. The number of rotatable bonds is 1. The van der Waals surface area contributed by atoms with Crippen molar-refractivity contribution in [3.63, 3.8) is 0 Å². The van der Waals surface area contributed by atoms with E-state index in [1.165, 1.54) is 12.5 Å². The van der Waals surface area contributed by atoms with Gasteiger partial charge in [-0.2, -0.15) is 0 Å². The highest BCUT2D eigenvalue weighted by molar-refractivity contribution is 14.1. The minimum absolute atomic E-state index is 0.767. The van der Waals surface area contributed by atoms with Gasteiger partial charge in [-0.15, -0.1) is 0 Å². The van der Waals surface area contributed by atoms with Crippen LogP contribution in [-0.2, 0) is 0 Å². The minimum Gasteiger partial charge on any atom is -0.298 e. The van der Waals surface area contributed by atoms with Gasteiger partial charge in [-0.1, -0.05) is 6.07 Å². The molecule has 0 aliphatic heterocycles. The first-order valence-electron chi connectivity index (χ1n) is 4.16. The van der Waals surface area contributed by atoms with Crippen LogP contribution in [0.15, 0.2) is 24.3 Å². The van der Waals surface area contributed by atoms with Gasteiger partial charge >= 0.3 is 0 Å². The molecule has 0 unspecified atom stereocenters. The Morgan fingerprint density at radius 1 is 1.00 bits per heavy atom. The first-order chi connectivity index (χ1) is 7.13. The molecule has 0 fully saturated rings. The first kappa shape index (κ1) is 12.0. The van der Waals surface area contributed by atoms with Crippen LogP contribution in [-0.4, -0.2) is 6.29 Å². The van der Waals surface area contributed by atoms with Crippen molar-refractivity contribution in [1.82, 2.24) is 0 Å². The molecule has 0 radical (unpaired) electrons. The molecule has 2 aromatic carbocycles. The Morgan fingerprint density at radius 3 is 2.40 bits per heavy atom. The van der Waals surface area contributed by atoms with Crippen molar-refractivity contribution in [3.05, 3.63) is 40.5 Å². The predicted octanol–water partition coefficient (Wildman–Crippen LogP) is 4.47. The second-order valence-corrected chi connectivity index (χ2v) is 6.48. The van der Waals surface area contributed by atoms with Crippen molar-refractivity contribution in [2.75, 3.05) is 0 Å². The molecule has 0 amide bonds. The third-order valence-corrected chi connectivity index (χ3v) is 6.18. The number of carbonyl (C=O) groups is 1. The molecule has 76 valence electrons. The summed E-state index contributed by atoms with van der Waals surface area (Å²) >= 11 is 6.82. The summed E-state index contributed by atoms with van der Waals surface area (Å²) in [4.78, 5) is 10.9. The van der Waals surface area contributed by atoms with Gasteiger partial charge in [0.15, 0.2) is 6.29 Å². The van der Waals surface area contributed by atoms with Crippen molar-refractivity contribution in [1.29, 1.82) is 0 Å². The normalized spacial score (nSPS) is 10.6. The van der Waals surface area contributed by atoms with Crippen molar-refractivity contribution >= 4 is 84.8 Å². The van der Waals surface area contributed by atoms with Gasteiger partial charge in [0.2, 0.25) is 0 Å². The molecular formula is C11H5I3O. The second-order valence-electron chi connectivity index (χ2n) is 3.07. The van der Waals surface area contributed by atoms with Crippen LogP contribution in [0, 0.1) is 10.7 Å². The number of hydrogen-bond donors (Lipinski definition) is 0. The number of fused-ring (bicyclic) bond motifs is 1. The molecule has 0 saturated carbocycles. The van der Waals surface area contributed by atoms with Crippen molar-refractivity contribution in [3.8, 4) is 0 Å². The third kappa shape index (κ3) is 2.31. The largest absolute Gasteiger partial charge is 0.298 e. The molecule has 4 heteroatoms. The van der Waals surface area contributed by atoms with E-state index in [4.69, 9.17) is 0 Å². The Labute approximate surface area is 128 Å². The second kappa shape index (κ2) is 4.82. The fourth-order valence-corrected chi connectivity index (χ4v) is 3.12. The van der Waals surface area contributed by atoms with Gasteiger partial charge in [0.25, 0.3) is 0 Å². The fourth-order valence-electron chi connectivity index (χ4n) is 1.39. The lowest BCUT2D eigenvalue weighted by molar-refractivity contribution is 0.112. The summed E-state index contributed by atoms with van der Waals surface area (Å²) in [5, 5.41) is 2.35. The van der Waals surface area contributed by atoms with E-state index in [-0.39, 0.29) is 0 Å². The summed E-state index contributed by atoms with van der Waals surface area (Å²) in [6, 6.07) is 8.21. The highest BCUT2D eigenvalue weighted by Gasteiger charge is 2.06. The van der Waals surface area contributed by atoms with Crippen molar-refractivity contribution < 1.29 is 4.79 Å². The molecule has 0 aliphatic carbocycles. The van der Waals surface area contributed by atoms with Crippen molar-refractivity contribution in [2.45, 2.75) is 0 Å². The van der Waals surface area contributed by atoms with Gasteiger partial charge in [-0.05, 0) is 96.7 Å². The van der Waals surface area contributed by atoms with E-state index < -0.39 is 0 Å². The summed E-state index contributed by atoms with van der Waals surface area (Å²) in [7, 11) is 0. The van der Waals surface area contributed by atoms with E-state index >= 15 is 0 Å². The van der Waals surface area contributed by atoms with E-state index in [9.17, 15) is 4.79 Å². The summed E-state index contributed by atoms with van der Waals surface area (Å²) in [6.07, 6.45) is 0.914. The highest BCUT2D eigenvalue weighted by atomic mass is 127. The molecular weight excluding hydrogens is 529 g/mol. The van der Waals surface area contributed by atoms with Crippen molar-refractivity contribution in [2.24, 2.45) is 0 Å². The summed E-state index contributed by atoms with van der Waals surface area (Å²) in [5.41, 5.74) is 0.767. The average molecular weight is 534 g/mol. The van der Waals surface area contributed by atoms with Gasteiger partial charge in [0.1, 0.15) is 0 Å². The van der Waals surface area contributed by atoms with Gasteiger partial charge in [-0.25, -0.2) is 0 Å². The summed E-state index contributed by atoms with van der Waals surface area (Å²) in [6.45, 7) is 0. The minimum atomic E-state index is 0.767. The van der Waals surface area contributed by atoms with Gasteiger partial charge in [0.05, 0.1) is 0 Å². The van der Waals surface area contributed by atoms with E-state index in [1.807, 2.05) is 6.07 Å². The quantitative estimate of drug-likeness (QED) is 0.391. The van der Waals surface area contributed by atoms with E-state index in [0.717, 1.165) is 20.8 Å². The number of aldehydes is 1. The first-order valence-corrected chi connectivity index (χ1v) is 7.39. The Kier molecular flexibility index (Phi) is 3.87. The van der Waals surface area contributed by atoms with Gasteiger partial charge in [-0.3, -0.25) is 4.79 Å². The van der Waals surface area contributed by atoms with E-state index in [1.54, 1.807) is 0 Å². The van der Waals surface area contributed by atoms with Crippen LogP contribution in [0.2, 0.25) is 0 Å². The molecule has 2 aromatic rings. The number of hydrogen-bond acceptors (Lipinski definition) is 1. The predicted molar refractivity (Wildman–Crippen MR) is 87.5 cm³/mol. The fraction of sp³-hybridized carbons (Fsp3) is 0. The zero-order chi connectivity index (χ0) is 11.0. The molecule has 15 heavy (non-hydrogen) atoms. The average Bonchev–Trinajstić information content (AvgIpc) is 2.23. The third-order valence-electron chi connectivity index (χ3n) is 2.15. The topological polar surface area (TPSA) is 17.1 Å². The lowest BCUT2D eigenvalue weighted by Crippen LogP contribution is -1.89. The smallest absolute Gasteiger partial charge is 0.151 e. The molecule has 1 nitrogen and oxygen atoms in total. The zero-order valence-electron chi connectivity index (χ0n) is 7.43. The van der Waals surface area contributed by atoms with E-state index in [2.05, 4.69) is 86.0 Å². The van der Waals surface area contributed by atoms with E-state index in [0.29, 0.717) is 0 Å². The van der Waals surface area contributed by atoms with Crippen LogP contribution in [0.4, 0.5) is 0 Å². The van der Waals surface area contributed by atoms with Crippen LogP contribution in [0.3, 0.4) is 0 Å². The Balaban J connectivity index is 2.88. The molecule has 0 heterocycles. The Bertz CT molecular complexity index is 549. The molecule has 0 bridgehead atoms. The molecule has 0 N–H and O–H groups in total. The SMILES string of the molecule is O=Cc1cc2c(I)c(I)ccc2cc1I. The monoisotopic (exact) mass is 534 g/mol. The molecule has 0 atom stereocenters. The lowest BCUT2D eigenvalue weighted by Gasteiger charge is -2.05. The Hall–Kier alpha value is 0.560. The number of halogens is 3. The lowest BCUT2D eigenvalue weighted by atomic mass is 10.1. The van der Waals surface area contributed by atoms with Crippen LogP contribution in [0.1, 0.15) is 10.4 Å². The van der Waals surface area contributed by atoms with Gasteiger partial charge < -0.3 is 0 Å². The van der Waals surface area contributed by atoms with Crippen LogP contribution >= 0.6 is 67.8 Å². The highest BCUT2D eigenvalue weighted by Crippen LogP contribution is 2.28. The Morgan fingerprint density at radius 2 is 1.73 bits per heavy atom. The molecule has 2 rings (SSSR count). The molecule has 0 spiro atoms. The summed E-state index contributed by atoms with van der Waals surface area (Å²) in [5.74, 6) is 0. The number of carbonyl (C=O) groups excluding carboxylic acids is 1. The molecule has 0 saturated heterocycles. The van der Waals surface area contributed by atoms with Crippen LogP contribution in [0.25, 0.3) is 10.8 Å².